The highest BCUT2D eigenvalue weighted by atomic mass is 16.2. The highest BCUT2D eigenvalue weighted by molar-refractivity contribution is 6.37. The summed E-state index contributed by atoms with van der Waals surface area (Å²) >= 11 is 0. The van der Waals surface area contributed by atoms with Gasteiger partial charge in [-0.1, -0.05) is 13.8 Å². The van der Waals surface area contributed by atoms with Crippen LogP contribution in [0.5, 0.6) is 0 Å². The molecule has 0 amide bonds. The van der Waals surface area contributed by atoms with E-state index in [0.29, 0.717) is 5.92 Å². The number of carbonyl (C=O) groups excluding carboxylic acids is 2. The van der Waals surface area contributed by atoms with Crippen LogP contribution in [0.4, 0.5) is 0 Å². The predicted octanol–water partition coefficient (Wildman–Crippen LogP) is 2.95. The highest BCUT2D eigenvalue weighted by Crippen LogP contribution is 2.71. The van der Waals surface area contributed by atoms with Crippen LogP contribution in [-0.2, 0) is 9.59 Å². The van der Waals surface area contributed by atoms with E-state index in [4.69, 9.17) is 0 Å². The molecular weight excluding hydrogens is 236 g/mol. The average Bonchev–Trinajstić information content (AvgIpc) is 3.08. The van der Waals surface area contributed by atoms with Crippen molar-refractivity contribution in [3.63, 3.8) is 0 Å². The number of hydrogen-bond donors (Lipinski definition) is 0. The third-order valence-corrected chi connectivity index (χ3v) is 7.53. The molecule has 9 unspecified atom stereocenters. The Labute approximate surface area is 115 Å². The van der Waals surface area contributed by atoms with Gasteiger partial charge in [0.05, 0.1) is 0 Å². The minimum Gasteiger partial charge on any atom is -0.291 e. The first kappa shape index (κ1) is 12.1. The molecule has 104 valence electrons. The van der Waals surface area contributed by atoms with E-state index < -0.39 is 0 Å². The molecule has 2 heteroatoms. The minimum absolute atomic E-state index is 0.0607. The molecule has 19 heavy (non-hydrogen) atoms. The van der Waals surface area contributed by atoms with Gasteiger partial charge in [0.2, 0.25) is 5.78 Å². The molecule has 2 nitrogen and oxygen atoms in total. The first-order chi connectivity index (χ1) is 9.00. The fourth-order valence-corrected chi connectivity index (χ4v) is 6.79. The number of ketones is 2. The lowest BCUT2D eigenvalue weighted by Gasteiger charge is -2.43. The lowest BCUT2D eigenvalue weighted by atomic mass is 9.61. The zero-order valence-corrected chi connectivity index (χ0v) is 12.1. The molecule has 0 N–H and O–H groups in total. The zero-order chi connectivity index (χ0) is 13.5. The molecule has 0 radical (unpaired) electrons. The van der Waals surface area contributed by atoms with Gasteiger partial charge in [0, 0.05) is 12.8 Å². The van der Waals surface area contributed by atoms with Crippen molar-refractivity contribution in [1.29, 1.82) is 0 Å². The minimum atomic E-state index is -0.210. The summed E-state index contributed by atoms with van der Waals surface area (Å²) in [5.74, 6) is 6.30. The van der Waals surface area contributed by atoms with E-state index in [1.54, 1.807) is 0 Å². The summed E-state index contributed by atoms with van der Waals surface area (Å²) < 4.78 is 0. The normalized spacial score (nSPS) is 57.5. The van der Waals surface area contributed by atoms with Crippen molar-refractivity contribution in [3.05, 3.63) is 0 Å². The molecule has 4 fully saturated rings. The Morgan fingerprint density at radius 3 is 2.11 bits per heavy atom. The molecule has 4 saturated carbocycles. The summed E-state index contributed by atoms with van der Waals surface area (Å²) in [5.41, 5.74) is 0. The molecule has 9 atom stereocenters. The van der Waals surface area contributed by atoms with Crippen molar-refractivity contribution in [3.8, 4) is 0 Å². The number of Topliss-reactive ketones (excluding diaryl/α,β-unsaturated/α-hetero) is 2. The Morgan fingerprint density at radius 2 is 1.47 bits per heavy atom. The second-order valence-corrected chi connectivity index (χ2v) is 7.86. The lowest BCUT2D eigenvalue weighted by molar-refractivity contribution is -0.140. The Balaban J connectivity index is 1.63. The summed E-state index contributed by atoms with van der Waals surface area (Å²) in [6.07, 6.45) is 3.67. The first-order valence-electron chi connectivity index (χ1n) is 8.05. The predicted molar refractivity (Wildman–Crippen MR) is 72.3 cm³/mol. The number of hydrogen-bond acceptors (Lipinski definition) is 2. The van der Waals surface area contributed by atoms with Crippen molar-refractivity contribution >= 4 is 11.6 Å². The van der Waals surface area contributed by atoms with Crippen molar-refractivity contribution in [2.24, 2.45) is 53.3 Å². The van der Waals surface area contributed by atoms with E-state index in [1.807, 2.05) is 0 Å². The Morgan fingerprint density at radius 1 is 0.842 bits per heavy atom. The summed E-state index contributed by atoms with van der Waals surface area (Å²) in [7, 11) is 0. The maximum atomic E-state index is 12.1. The Hall–Kier alpha value is -0.660. The topological polar surface area (TPSA) is 34.1 Å². The van der Waals surface area contributed by atoms with Gasteiger partial charge in [0.25, 0.3) is 0 Å². The van der Waals surface area contributed by atoms with Gasteiger partial charge in [-0.25, -0.2) is 0 Å². The van der Waals surface area contributed by atoms with Crippen LogP contribution in [0.1, 0.15) is 40.0 Å². The second kappa shape index (κ2) is 3.71. The first-order valence-corrected chi connectivity index (χ1v) is 8.05. The monoisotopic (exact) mass is 260 g/mol. The second-order valence-electron chi connectivity index (χ2n) is 7.86. The van der Waals surface area contributed by atoms with E-state index >= 15 is 0 Å². The Bertz CT molecular complexity index is 454. The zero-order valence-electron chi connectivity index (χ0n) is 12.1. The molecule has 0 heterocycles. The molecule has 4 rings (SSSR count). The standard InChI is InChI=1S/C17H24O2/c1-7-8(2)12-6-11(7)15-10-4-13(16(12)15)14(5-10)17(19)9(3)18/h7-8,10-16H,4-6H2,1-3H3. The number of carbonyl (C=O) groups is 2. The molecule has 4 aliphatic rings. The van der Waals surface area contributed by atoms with E-state index in [1.165, 1.54) is 19.8 Å². The van der Waals surface area contributed by atoms with E-state index in [2.05, 4.69) is 13.8 Å². The van der Waals surface area contributed by atoms with Crippen molar-refractivity contribution in [2.45, 2.75) is 40.0 Å². The van der Waals surface area contributed by atoms with Gasteiger partial charge in [-0.05, 0) is 66.6 Å². The van der Waals surface area contributed by atoms with Crippen LogP contribution in [0.15, 0.2) is 0 Å². The molecule has 0 spiro atoms. The van der Waals surface area contributed by atoms with E-state index in [-0.39, 0.29) is 17.5 Å². The van der Waals surface area contributed by atoms with Crippen LogP contribution in [-0.4, -0.2) is 11.6 Å². The fourth-order valence-electron chi connectivity index (χ4n) is 6.79. The van der Waals surface area contributed by atoms with Crippen LogP contribution >= 0.6 is 0 Å². The third-order valence-electron chi connectivity index (χ3n) is 7.53. The summed E-state index contributed by atoms with van der Waals surface area (Å²) in [6.45, 7) is 6.31. The maximum absolute atomic E-state index is 12.1. The average molecular weight is 260 g/mol. The van der Waals surface area contributed by atoms with Crippen molar-refractivity contribution in [2.75, 3.05) is 0 Å². The van der Waals surface area contributed by atoms with Gasteiger partial charge in [0.15, 0.2) is 5.78 Å². The van der Waals surface area contributed by atoms with E-state index in [0.717, 1.165) is 47.8 Å². The quantitative estimate of drug-likeness (QED) is 0.565. The van der Waals surface area contributed by atoms with Gasteiger partial charge >= 0.3 is 0 Å². The molecule has 4 aliphatic carbocycles. The number of rotatable bonds is 2. The summed E-state index contributed by atoms with van der Waals surface area (Å²) in [6, 6.07) is 0. The van der Waals surface area contributed by atoms with Gasteiger partial charge < -0.3 is 0 Å². The summed E-state index contributed by atoms with van der Waals surface area (Å²) in [5, 5.41) is 0. The van der Waals surface area contributed by atoms with Crippen LogP contribution < -0.4 is 0 Å². The van der Waals surface area contributed by atoms with Crippen molar-refractivity contribution < 1.29 is 9.59 Å². The highest BCUT2D eigenvalue weighted by Gasteiger charge is 2.66. The third kappa shape index (κ3) is 1.33. The van der Waals surface area contributed by atoms with Gasteiger partial charge in [0.1, 0.15) is 0 Å². The van der Waals surface area contributed by atoms with Crippen LogP contribution in [0.3, 0.4) is 0 Å². The van der Waals surface area contributed by atoms with Crippen LogP contribution in [0.2, 0.25) is 0 Å². The molecule has 4 bridgehead atoms. The van der Waals surface area contributed by atoms with Crippen LogP contribution in [0.25, 0.3) is 0 Å². The van der Waals surface area contributed by atoms with Crippen LogP contribution in [0, 0.1) is 53.3 Å². The molecular formula is C17H24O2. The fraction of sp³-hybridized carbons (Fsp3) is 0.882. The molecule has 0 aliphatic heterocycles. The molecule has 0 aromatic rings. The molecule has 0 aromatic heterocycles. The lowest BCUT2D eigenvalue weighted by Crippen LogP contribution is -2.41. The van der Waals surface area contributed by atoms with Gasteiger partial charge in [-0.3, -0.25) is 9.59 Å². The van der Waals surface area contributed by atoms with Crippen molar-refractivity contribution in [1.82, 2.24) is 0 Å². The SMILES string of the molecule is CC(=O)C(=O)C1CC2CC1C1C3CC(C(C)C3C)C21. The van der Waals surface area contributed by atoms with Gasteiger partial charge in [-0.15, -0.1) is 0 Å². The van der Waals surface area contributed by atoms with E-state index in [9.17, 15) is 9.59 Å². The summed E-state index contributed by atoms with van der Waals surface area (Å²) in [4.78, 5) is 23.6. The number of fused-ring (bicyclic) bond motifs is 9. The largest absolute Gasteiger partial charge is 0.291 e. The Kier molecular flexibility index (Phi) is 2.36. The molecule has 0 aromatic carbocycles. The molecule has 0 saturated heterocycles. The smallest absolute Gasteiger partial charge is 0.201 e. The van der Waals surface area contributed by atoms with Gasteiger partial charge in [-0.2, -0.15) is 0 Å². The maximum Gasteiger partial charge on any atom is 0.201 e.